The lowest BCUT2D eigenvalue weighted by Gasteiger charge is -2.05. The number of phenols is 1. The number of ketones is 1. The summed E-state index contributed by atoms with van der Waals surface area (Å²) in [4.78, 5) is 12.0. The molecule has 0 atom stereocenters. The molecule has 0 radical (unpaired) electrons. The van der Waals surface area contributed by atoms with Gasteiger partial charge < -0.3 is 10.2 Å². The number of aliphatic hydroxyl groups is 1. The molecule has 0 spiro atoms. The Hall–Kier alpha value is -2.13. The molecule has 0 aromatic heterocycles. The lowest BCUT2D eigenvalue weighted by atomic mass is 10.0. The van der Waals surface area contributed by atoms with E-state index in [1.165, 1.54) is 12.1 Å². The number of aromatic hydroxyl groups is 1. The van der Waals surface area contributed by atoms with Gasteiger partial charge in [0.2, 0.25) is 0 Å². The van der Waals surface area contributed by atoms with Crippen molar-refractivity contribution < 1.29 is 15.0 Å². The Balaban J connectivity index is 2.19. The molecule has 0 aliphatic rings. The highest BCUT2D eigenvalue weighted by Gasteiger charge is 2.09. The van der Waals surface area contributed by atoms with Gasteiger partial charge in [0.1, 0.15) is 5.75 Å². The van der Waals surface area contributed by atoms with Crippen molar-refractivity contribution in [3.05, 3.63) is 65.2 Å². The lowest BCUT2D eigenvalue weighted by molar-refractivity contribution is 0.0993. The number of Topliss-reactive ketones (excluding diaryl/α,β-unsaturated/α-hetero) is 1. The number of aliphatic hydroxyl groups excluding tert-OH is 1. The van der Waals surface area contributed by atoms with Crippen LogP contribution in [0.1, 0.15) is 21.5 Å². The minimum atomic E-state index is -0.279. The second-order valence-corrected chi connectivity index (χ2v) is 4.09. The highest BCUT2D eigenvalue weighted by molar-refractivity contribution is 5.97. The van der Waals surface area contributed by atoms with Gasteiger partial charge in [0.25, 0.3) is 0 Å². The van der Waals surface area contributed by atoms with Crippen LogP contribution in [0.5, 0.6) is 5.75 Å². The van der Waals surface area contributed by atoms with Crippen molar-refractivity contribution in [1.82, 2.24) is 0 Å². The Kier molecular flexibility index (Phi) is 3.75. The second kappa shape index (κ2) is 5.47. The standard InChI is InChI=1S/C15H14O3/c16-10-13-9-12(6-7-14(13)17)15(18)8-11-4-2-1-3-5-11/h1-7,9,16-17H,8,10H2. The van der Waals surface area contributed by atoms with Gasteiger partial charge in [0.05, 0.1) is 6.61 Å². The molecule has 2 N–H and O–H groups in total. The van der Waals surface area contributed by atoms with Crippen molar-refractivity contribution in [2.45, 2.75) is 13.0 Å². The van der Waals surface area contributed by atoms with E-state index in [1.807, 2.05) is 30.3 Å². The Labute approximate surface area is 105 Å². The van der Waals surface area contributed by atoms with Crippen LogP contribution in [-0.2, 0) is 13.0 Å². The van der Waals surface area contributed by atoms with Gasteiger partial charge in [-0.15, -0.1) is 0 Å². The summed E-state index contributed by atoms with van der Waals surface area (Å²) >= 11 is 0. The van der Waals surface area contributed by atoms with E-state index in [-0.39, 0.29) is 18.1 Å². The number of carbonyl (C=O) groups is 1. The minimum Gasteiger partial charge on any atom is -0.508 e. The third-order valence-electron chi connectivity index (χ3n) is 2.78. The van der Waals surface area contributed by atoms with Gasteiger partial charge in [-0.1, -0.05) is 30.3 Å². The van der Waals surface area contributed by atoms with E-state index in [0.717, 1.165) is 5.56 Å². The van der Waals surface area contributed by atoms with Gasteiger partial charge in [-0.25, -0.2) is 0 Å². The van der Waals surface area contributed by atoms with Crippen LogP contribution in [0.15, 0.2) is 48.5 Å². The highest BCUT2D eigenvalue weighted by Crippen LogP contribution is 2.19. The van der Waals surface area contributed by atoms with Crippen LogP contribution >= 0.6 is 0 Å². The summed E-state index contributed by atoms with van der Waals surface area (Å²) in [5.41, 5.74) is 1.82. The zero-order valence-electron chi connectivity index (χ0n) is 9.84. The molecule has 2 rings (SSSR count). The molecule has 0 aliphatic carbocycles. The molecular weight excluding hydrogens is 228 g/mol. The summed E-state index contributed by atoms with van der Waals surface area (Å²) < 4.78 is 0. The summed E-state index contributed by atoms with van der Waals surface area (Å²) in [7, 11) is 0. The van der Waals surface area contributed by atoms with Crippen LogP contribution in [0.2, 0.25) is 0 Å². The molecule has 0 amide bonds. The largest absolute Gasteiger partial charge is 0.508 e. The van der Waals surface area contributed by atoms with Crippen molar-refractivity contribution >= 4 is 5.78 Å². The normalized spacial score (nSPS) is 10.3. The number of carbonyl (C=O) groups excluding carboxylic acids is 1. The first-order chi connectivity index (χ1) is 8.70. The minimum absolute atomic E-state index is 0.00811. The predicted octanol–water partition coefficient (Wildman–Crippen LogP) is 2.31. The molecule has 18 heavy (non-hydrogen) atoms. The summed E-state index contributed by atoms with van der Waals surface area (Å²) in [6.07, 6.45) is 0.316. The lowest BCUT2D eigenvalue weighted by Crippen LogP contribution is -2.04. The van der Waals surface area contributed by atoms with Gasteiger partial charge in [-0.3, -0.25) is 4.79 Å². The number of benzene rings is 2. The Morgan fingerprint density at radius 3 is 2.44 bits per heavy atom. The number of hydrogen-bond acceptors (Lipinski definition) is 3. The van der Waals surface area contributed by atoms with E-state index in [1.54, 1.807) is 6.07 Å². The maximum atomic E-state index is 12.0. The fourth-order valence-corrected chi connectivity index (χ4v) is 1.77. The van der Waals surface area contributed by atoms with Gasteiger partial charge >= 0.3 is 0 Å². The average Bonchev–Trinajstić information content (AvgIpc) is 2.40. The molecule has 0 bridgehead atoms. The molecule has 0 unspecified atom stereocenters. The first-order valence-corrected chi connectivity index (χ1v) is 5.70. The Morgan fingerprint density at radius 2 is 1.78 bits per heavy atom. The molecule has 3 heteroatoms. The van der Waals surface area contributed by atoms with E-state index >= 15 is 0 Å². The van der Waals surface area contributed by atoms with E-state index in [0.29, 0.717) is 17.5 Å². The SMILES string of the molecule is O=C(Cc1ccccc1)c1ccc(O)c(CO)c1. The predicted molar refractivity (Wildman–Crippen MR) is 68.5 cm³/mol. The summed E-state index contributed by atoms with van der Waals surface area (Å²) in [5, 5.41) is 18.5. The van der Waals surface area contributed by atoms with Gasteiger partial charge in [0, 0.05) is 17.5 Å². The van der Waals surface area contributed by atoms with Crippen molar-refractivity contribution in [1.29, 1.82) is 0 Å². The van der Waals surface area contributed by atoms with E-state index < -0.39 is 0 Å². The van der Waals surface area contributed by atoms with Crippen LogP contribution in [-0.4, -0.2) is 16.0 Å². The fraction of sp³-hybridized carbons (Fsp3) is 0.133. The summed E-state index contributed by atoms with van der Waals surface area (Å²) in [6, 6.07) is 14.0. The van der Waals surface area contributed by atoms with Crippen molar-refractivity contribution in [3.63, 3.8) is 0 Å². The molecule has 0 heterocycles. The molecule has 0 saturated carbocycles. The van der Waals surface area contributed by atoms with Crippen LogP contribution in [0, 0.1) is 0 Å². The van der Waals surface area contributed by atoms with Gasteiger partial charge in [0.15, 0.2) is 5.78 Å². The van der Waals surface area contributed by atoms with Crippen LogP contribution in [0.3, 0.4) is 0 Å². The monoisotopic (exact) mass is 242 g/mol. The van der Waals surface area contributed by atoms with Crippen LogP contribution in [0.4, 0.5) is 0 Å². The summed E-state index contributed by atoms with van der Waals surface area (Å²) in [5.74, 6) is -0.0235. The molecule has 92 valence electrons. The van der Waals surface area contributed by atoms with Crippen molar-refractivity contribution in [2.24, 2.45) is 0 Å². The molecule has 0 fully saturated rings. The summed E-state index contributed by atoms with van der Waals surface area (Å²) in [6.45, 7) is -0.279. The maximum Gasteiger partial charge on any atom is 0.167 e. The van der Waals surface area contributed by atoms with E-state index in [4.69, 9.17) is 5.11 Å². The second-order valence-electron chi connectivity index (χ2n) is 4.09. The zero-order chi connectivity index (χ0) is 13.0. The first-order valence-electron chi connectivity index (χ1n) is 5.70. The third kappa shape index (κ3) is 2.76. The number of hydrogen-bond donors (Lipinski definition) is 2. The van der Waals surface area contributed by atoms with Crippen molar-refractivity contribution in [3.8, 4) is 5.75 Å². The molecule has 2 aromatic rings. The quantitative estimate of drug-likeness (QED) is 0.809. The van der Waals surface area contributed by atoms with E-state index in [2.05, 4.69) is 0 Å². The van der Waals surface area contributed by atoms with Crippen molar-refractivity contribution in [2.75, 3.05) is 0 Å². The Morgan fingerprint density at radius 1 is 1.06 bits per heavy atom. The van der Waals surface area contributed by atoms with Gasteiger partial charge in [-0.05, 0) is 23.8 Å². The van der Waals surface area contributed by atoms with Gasteiger partial charge in [-0.2, -0.15) is 0 Å². The fourth-order valence-electron chi connectivity index (χ4n) is 1.77. The van der Waals surface area contributed by atoms with E-state index in [9.17, 15) is 9.90 Å². The van der Waals surface area contributed by atoms with Crippen LogP contribution in [0.25, 0.3) is 0 Å². The molecule has 3 nitrogen and oxygen atoms in total. The average molecular weight is 242 g/mol. The number of rotatable bonds is 4. The third-order valence-corrected chi connectivity index (χ3v) is 2.78. The topological polar surface area (TPSA) is 57.5 Å². The van der Waals surface area contributed by atoms with Crippen LogP contribution < -0.4 is 0 Å². The maximum absolute atomic E-state index is 12.0. The first kappa shape index (κ1) is 12.3. The zero-order valence-corrected chi connectivity index (χ0v) is 9.84. The molecule has 2 aromatic carbocycles. The highest BCUT2D eigenvalue weighted by atomic mass is 16.3. The Bertz CT molecular complexity index is 547. The smallest absolute Gasteiger partial charge is 0.167 e. The molecule has 0 aliphatic heterocycles. The molecule has 0 saturated heterocycles. The molecular formula is C15H14O3.